The molecular weight excluding hydrogens is 923 g/mol. The Hall–Kier alpha value is -5.79. The minimum Gasteiger partial charge on any atom is -0.398 e. The van der Waals surface area contributed by atoms with Crippen LogP contribution in [0.4, 0.5) is 23.0 Å². The molecule has 0 aliphatic carbocycles. The maximum Gasteiger partial charge on any atom is 0.264 e. The number of nitrogens with zero attached hydrogens (tertiary/aromatic N) is 6. The molecule has 19 heteroatoms. The average Bonchev–Trinajstić information content (AvgIpc) is 3.58. The monoisotopic (exact) mass is 998 g/mol. The van der Waals surface area contributed by atoms with E-state index in [0.717, 1.165) is 100 Å². The fourth-order valence-electron chi connectivity index (χ4n) is 9.69. The Labute approximate surface area is 425 Å². The molecule has 5 aliphatic heterocycles. The van der Waals surface area contributed by atoms with Crippen molar-refractivity contribution in [3.63, 3.8) is 0 Å². The third kappa shape index (κ3) is 14.7. The molecule has 1 spiro atoms. The van der Waals surface area contributed by atoms with Gasteiger partial charge in [-0.2, -0.15) is 13.5 Å². The first-order valence-corrected chi connectivity index (χ1v) is 25.1. The number of rotatable bonds is 17. The molecule has 386 valence electrons. The largest absolute Gasteiger partial charge is 0.398 e. The summed E-state index contributed by atoms with van der Waals surface area (Å²) in [7, 11) is 0. The summed E-state index contributed by atoms with van der Waals surface area (Å²) in [5.74, 6) is 0.290. The number of carbonyl (C=O) groups is 6. The summed E-state index contributed by atoms with van der Waals surface area (Å²) >= 11 is 0. The predicted molar refractivity (Wildman–Crippen MR) is 279 cm³/mol. The van der Waals surface area contributed by atoms with Crippen LogP contribution in [0.3, 0.4) is 0 Å². The van der Waals surface area contributed by atoms with Crippen LogP contribution in [0.5, 0.6) is 0 Å². The number of hydrogen-bond donors (Lipinski definition) is 5. The lowest BCUT2D eigenvalue weighted by Gasteiger charge is -2.48. The Balaban J connectivity index is 0.000000326. The van der Waals surface area contributed by atoms with Crippen molar-refractivity contribution in [1.29, 1.82) is 0 Å². The number of aromatic nitrogens is 2. The number of imide groups is 2. The number of ether oxygens (including phenoxy) is 1. The van der Waals surface area contributed by atoms with Gasteiger partial charge in [0, 0.05) is 76.2 Å². The summed E-state index contributed by atoms with van der Waals surface area (Å²) in [6, 6.07) is 14.5. The van der Waals surface area contributed by atoms with Gasteiger partial charge < -0.3 is 36.2 Å². The van der Waals surface area contributed by atoms with Crippen molar-refractivity contribution in [2.24, 2.45) is 11.3 Å². The topological polar surface area (TPSA) is 225 Å². The van der Waals surface area contributed by atoms with Gasteiger partial charge >= 0.3 is 0 Å². The second-order valence-corrected chi connectivity index (χ2v) is 20.8. The van der Waals surface area contributed by atoms with Crippen LogP contribution in [0.1, 0.15) is 125 Å². The molecule has 0 radical (unpaired) electrons. The standard InChI is InChI=1S/C39H62N8O3.C13H11N3O4.H2S/c1-30(2)13-24-50-31(3)7-12-36(48)41-19-6-18-40-34-25-35(43-29-42-34)46-22-16-39(17-23-46)28-47(27-37(49)44-39)33-10-8-32(9-11-33)26-45-20-14-38(4,5)15-21-45;14-7-3-1-2-6-10(7)13(20)16(12(6)19)8-4-5-9(17)15-11(8)18;/h8-11,25,29-31H,6-7,12-24,26-28H2,1-5H3,(H,41,48)(H,44,49)(H,40,42,43);1-3,8H,4-5,14H2,(H,15,17,18);1H2. The molecule has 1 aromatic heterocycles. The van der Waals surface area contributed by atoms with Crippen LogP contribution < -0.4 is 36.8 Å². The Kier molecular flexibility index (Phi) is 18.9. The Morgan fingerprint density at radius 1 is 0.887 bits per heavy atom. The zero-order chi connectivity index (χ0) is 50.0. The molecular formula is C52H75N11O7S. The van der Waals surface area contributed by atoms with Gasteiger partial charge in [-0.25, -0.2) is 9.97 Å². The molecule has 4 fully saturated rings. The number of piperazine rings is 1. The van der Waals surface area contributed by atoms with E-state index in [0.29, 0.717) is 37.4 Å². The number of nitrogen functional groups attached to an aromatic ring is 1. The van der Waals surface area contributed by atoms with E-state index in [1.165, 1.54) is 30.5 Å². The molecule has 2 atom stereocenters. The van der Waals surface area contributed by atoms with Crippen molar-refractivity contribution in [3.05, 3.63) is 71.5 Å². The van der Waals surface area contributed by atoms with Crippen LogP contribution in [0, 0.1) is 11.3 Å². The van der Waals surface area contributed by atoms with E-state index in [9.17, 15) is 28.8 Å². The predicted octanol–water partition coefficient (Wildman–Crippen LogP) is 5.01. The number of nitrogens with two attached hydrogens (primary N) is 1. The lowest BCUT2D eigenvalue weighted by molar-refractivity contribution is -0.136. The molecule has 5 aliphatic rings. The Morgan fingerprint density at radius 2 is 1.62 bits per heavy atom. The molecule has 3 aromatic rings. The summed E-state index contributed by atoms with van der Waals surface area (Å²) in [5.41, 5.74) is 8.91. The highest BCUT2D eigenvalue weighted by molar-refractivity contribution is 7.59. The zero-order valence-electron chi connectivity index (χ0n) is 42.2. The van der Waals surface area contributed by atoms with Gasteiger partial charge in [-0.05, 0) is 113 Å². The van der Waals surface area contributed by atoms with Gasteiger partial charge in [0.25, 0.3) is 11.8 Å². The van der Waals surface area contributed by atoms with Gasteiger partial charge in [0.15, 0.2) is 0 Å². The minimum absolute atomic E-state index is 0. The summed E-state index contributed by atoms with van der Waals surface area (Å²) in [5, 5.41) is 11.9. The van der Waals surface area contributed by atoms with E-state index in [1.54, 1.807) is 12.4 Å². The first-order valence-electron chi connectivity index (χ1n) is 25.1. The van der Waals surface area contributed by atoms with Crippen molar-refractivity contribution >= 4 is 71.9 Å². The van der Waals surface area contributed by atoms with Gasteiger partial charge in [-0.1, -0.05) is 45.9 Å². The van der Waals surface area contributed by atoms with Gasteiger partial charge in [-0.15, -0.1) is 0 Å². The van der Waals surface area contributed by atoms with Crippen molar-refractivity contribution in [1.82, 2.24) is 35.7 Å². The highest BCUT2D eigenvalue weighted by Crippen LogP contribution is 2.34. The number of piperidine rings is 3. The first-order chi connectivity index (χ1) is 33.5. The SMILES string of the molecule is CC(C)CCOC(C)CCC(=O)NCCCNc1cc(N2CCC3(CC2)CN(c2ccc(CN4CCC(C)(C)CC4)cc2)CC(=O)N3)ncn1.Nc1cccc2c1C(=O)N(C1CCC(=O)NC1=O)C2=O.S. The quantitative estimate of drug-likeness (QED) is 0.0682. The maximum atomic E-state index is 13.0. The fourth-order valence-corrected chi connectivity index (χ4v) is 9.69. The minimum atomic E-state index is -0.959. The van der Waals surface area contributed by atoms with E-state index >= 15 is 0 Å². The van der Waals surface area contributed by atoms with E-state index in [2.05, 4.69) is 97.9 Å². The van der Waals surface area contributed by atoms with Crippen molar-refractivity contribution < 1.29 is 33.5 Å². The van der Waals surface area contributed by atoms with E-state index < -0.39 is 29.7 Å². The number of benzene rings is 2. The molecule has 6 N–H and O–H groups in total. The molecule has 2 aromatic carbocycles. The lowest BCUT2D eigenvalue weighted by atomic mass is 9.82. The summed E-state index contributed by atoms with van der Waals surface area (Å²) in [6.45, 7) is 19.3. The van der Waals surface area contributed by atoms with Crippen LogP contribution in [-0.2, 0) is 30.5 Å². The lowest BCUT2D eigenvalue weighted by Crippen LogP contribution is -2.66. The van der Waals surface area contributed by atoms with E-state index in [1.807, 2.05) is 13.0 Å². The molecule has 0 bridgehead atoms. The van der Waals surface area contributed by atoms with Crippen molar-refractivity contribution in [3.8, 4) is 0 Å². The Morgan fingerprint density at radius 3 is 2.31 bits per heavy atom. The molecule has 18 nitrogen and oxygen atoms in total. The van der Waals surface area contributed by atoms with Gasteiger partial charge in [0.05, 0.1) is 29.3 Å². The molecule has 4 saturated heterocycles. The van der Waals surface area contributed by atoms with Crippen LogP contribution >= 0.6 is 13.5 Å². The summed E-state index contributed by atoms with van der Waals surface area (Å²) in [6.07, 6.45) is 9.21. The second kappa shape index (κ2) is 24.6. The third-order valence-electron chi connectivity index (χ3n) is 14.2. The second-order valence-electron chi connectivity index (χ2n) is 20.8. The smallest absolute Gasteiger partial charge is 0.264 e. The fraction of sp³-hybridized carbons (Fsp3) is 0.577. The Bertz CT molecular complexity index is 2350. The number of nitrogens with one attached hydrogen (secondary N) is 4. The molecule has 8 rings (SSSR count). The molecule has 6 amide bonds. The highest BCUT2D eigenvalue weighted by Gasteiger charge is 2.45. The van der Waals surface area contributed by atoms with Gasteiger partial charge in [0.2, 0.25) is 23.6 Å². The average molecular weight is 998 g/mol. The molecule has 2 unspecified atom stereocenters. The third-order valence-corrected chi connectivity index (χ3v) is 14.2. The van der Waals surface area contributed by atoms with Crippen molar-refractivity contribution in [2.75, 3.05) is 79.8 Å². The highest BCUT2D eigenvalue weighted by atomic mass is 32.1. The van der Waals surface area contributed by atoms with E-state index in [-0.39, 0.29) is 66.6 Å². The normalized spacial score (nSPS) is 20.1. The van der Waals surface area contributed by atoms with Crippen LogP contribution in [0.25, 0.3) is 0 Å². The zero-order valence-corrected chi connectivity index (χ0v) is 43.2. The maximum absolute atomic E-state index is 13.0. The number of carbonyl (C=O) groups excluding carboxylic acids is 6. The first kappa shape index (κ1) is 54.5. The molecule has 0 saturated carbocycles. The number of amides is 6. The number of hydrogen-bond acceptors (Lipinski definition) is 14. The number of anilines is 4. The summed E-state index contributed by atoms with van der Waals surface area (Å²) in [4.78, 5) is 89.7. The van der Waals surface area contributed by atoms with Crippen LogP contribution in [0.2, 0.25) is 0 Å². The van der Waals surface area contributed by atoms with Crippen LogP contribution in [-0.4, -0.2) is 132 Å². The molecule has 71 heavy (non-hydrogen) atoms. The van der Waals surface area contributed by atoms with Gasteiger partial charge in [0.1, 0.15) is 24.0 Å². The summed E-state index contributed by atoms with van der Waals surface area (Å²) < 4.78 is 5.80. The van der Waals surface area contributed by atoms with E-state index in [4.69, 9.17) is 10.5 Å². The number of fused-ring (bicyclic) bond motifs is 1. The van der Waals surface area contributed by atoms with Crippen LogP contribution in [0.15, 0.2) is 54.9 Å². The number of likely N-dealkylation sites (tertiary alicyclic amines) is 1. The van der Waals surface area contributed by atoms with Gasteiger partial charge in [-0.3, -0.25) is 43.9 Å². The molecule has 6 heterocycles. The van der Waals surface area contributed by atoms with Crippen molar-refractivity contribution in [2.45, 2.75) is 123 Å².